The second-order valence-electron chi connectivity index (χ2n) is 5.77. The molecule has 2 atom stereocenters. The van der Waals surface area contributed by atoms with E-state index in [1.807, 2.05) is 13.8 Å². The molecule has 1 aromatic rings. The SMILES string of the molecule is CC[C@H](C)[C@](C)(O)CNC(=O)C(=O)Nc1ccc(C)c(F)c1. The quantitative estimate of drug-likeness (QED) is 0.728. The summed E-state index contributed by atoms with van der Waals surface area (Å²) in [5.41, 5.74) is -0.440. The molecule has 3 N–H and O–H groups in total. The Morgan fingerprint density at radius 1 is 1.36 bits per heavy atom. The van der Waals surface area contributed by atoms with Crippen LogP contribution in [0.25, 0.3) is 0 Å². The minimum absolute atomic E-state index is 0.0259. The van der Waals surface area contributed by atoms with Gasteiger partial charge in [-0.1, -0.05) is 26.3 Å². The lowest BCUT2D eigenvalue weighted by Crippen LogP contribution is -2.47. The molecule has 0 saturated heterocycles. The number of aryl methyl sites for hydroxylation is 1. The number of anilines is 1. The van der Waals surface area contributed by atoms with Crippen LogP contribution in [0.4, 0.5) is 10.1 Å². The highest BCUT2D eigenvalue weighted by atomic mass is 19.1. The third kappa shape index (κ3) is 4.80. The van der Waals surface area contributed by atoms with E-state index in [4.69, 9.17) is 0 Å². The number of aliphatic hydroxyl groups is 1. The third-order valence-corrected chi connectivity index (χ3v) is 3.92. The van der Waals surface area contributed by atoms with E-state index in [1.165, 1.54) is 12.1 Å². The third-order valence-electron chi connectivity index (χ3n) is 3.92. The van der Waals surface area contributed by atoms with Crippen molar-refractivity contribution in [1.82, 2.24) is 5.32 Å². The molecular weight excluding hydrogens is 287 g/mol. The lowest BCUT2D eigenvalue weighted by Gasteiger charge is -2.29. The van der Waals surface area contributed by atoms with Gasteiger partial charge >= 0.3 is 11.8 Å². The van der Waals surface area contributed by atoms with Crippen molar-refractivity contribution >= 4 is 17.5 Å². The van der Waals surface area contributed by atoms with Crippen molar-refractivity contribution in [2.45, 2.75) is 39.7 Å². The van der Waals surface area contributed by atoms with Gasteiger partial charge in [-0.3, -0.25) is 9.59 Å². The van der Waals surface area contributed by atoms with Crippen LogP contribution in [-0.4, -0.2) is 29.1 Å². The Kier molecular flexibility index (Phi) is 6.05. The molecule has 0 unspecified atom stereocenters. The number of halogens is 1. The average molecular weight is 310 g/mol. The number of nitrogens with one attached hydrogen (secondary N) is 2. The fourth-order valence-electron chi connectivity index (χ4n) is 1.81. The molecule has 0 bridgehead atoms. The summed E-state index contributed by atoms with van der Waals surface area (Å²) in [6, 6.07) is 4.17. The van der Waals surface area contributed by atoms with E-state index < -0.39 is 23.2 Å². The summed E-state index contributed by atoms with van der Waals surface area (Å²) < 4.78 is 13.4. The number of carbonyl (C=O) groups excluding carboxylic acids is 2. The molecule has 0 aliphatic rings. The topological polar surface area (TPSA) is 78.4 Å². The molecular formula is C16H23FN2O3. The molecule has 0 saturated carbocycles. The van der Waals surface area contributed by atoms with Gasteiger partial charge in [-0.05, 0) is 37.5 Å². The van der Waals surface area contributed by atoms with E-state index in [-0.39, 0.29) is 18.2 Å². The molecule has 22 heavy (non-hydrogen) atoms. The van der Waals surface area contributed by atoms with Gasteiger partial charge in [-0.2, -0.15) is 0 Å². The van der Waals surface area contributed by atoms with Gasteiger partial charge in [0.25, 0.3) is 0 Å². The Hall–Kier alpha value is -1.95. The number of carbonyl (C=O) groups is 2. The van der Waals surface area contributed by atoms with Crippen LogP contribution in [0.15, 0.2) is 18.2 Å². The number of benzene rings is 1. The molecule has 6 heteroatoms. The zero-order chi connectivity index (χ0) is 16.9. The summed E-state index contributed by atoms with van der Waals surface area (Å²) in [7, 11) is 0. The summed E-state index contributed by atoms with van der Waals surface area (Å²) in [5.74, 6) is -2.26. The lowest BCUT2D eigenvalue weighted by atomic mass is 9.89. The standard InChI is InChI=1S/C16H23FN2O3/c1-5-11(3)16(4,22)9-18-14(20)15(21)19-12-7-6-10(2)13(17)8-12/h6-8,11,22H,5,9H2,1-4H3,(H,18,20)(H,19,21)/t11-,16+/m0/s1. The fraction of sp³-hybridized carbons (Fsp3) is 0.500. The van der Waals surface area contributed by atoms with Gasteiger partial charge in [-0.25, -0.2) is 4.39 Å². The summed E-state index contributed by atoms with van der Waals surface area (Å²) in [6.45, 7) is 6.97. The van der Waals surface area contributed by atoms with E-state index in [0.29, 0.717) is 5.56 Å². The predicted octanol–water partition coefficient (Wildman–Crippen LogP) is 1.99. The number of hydrogen-bond acceptors (Lipinski definition) is 3. The van der Waals surface area contributed by atoms with Crippen LogP contribution in [0.5, 0.6) is 0 Å². The van der Waals surface area contributed by atoms with Crippen molar-refractivity contribution in [2.75, 3.05) is 11.9 Å². The first-order valence-electron chi connectivity index (χ1n) is 7.25. The van der Waals surface area contributed by atoms with E-state index >= 15 is 0 Å². The van der Waals surface area contributed by atoms with Crippen LogP contribution < -0.4 is 10.6 Å². The summed E-state index contributed by atoms with van der Waals surface area (Å²) >= 11 is 0. The second kappa shape index (κ2) is 7.35. The molecule has 5 nitrogen and oxygen atoms in total. The molecule has 0 aliphatic heterocycles. The van der Waals surface area contributed by atoms with Crippen LogP contribution in [0, 0.1) is 18.7 Å². The lowest BCUT2D eigenvalue weighted by molar-refractivity contribution is -0.137. The van der Waals surface area contributed by atoms with Crippen LogP contribution in [0.3, 0.4) is 0 Å². The zero-order valence-corrected chi connectivity index (χ0v) is 13.4. The molecule has 0 radical (unpaired) electrons. The Balaban J connectivity index is 2.59. The Bertz CT molecular complexity index is 558. The van der Waals surface area contributed by atoms with Gasteiger partial charge in [0, 0.05) is 12.2 Å². The normalized spacial score (nSPS) is 14.8. The van der Waals surface area contributed by atoms with Gasteiger partial charge in [0.05, 0.1) is 5.60 Å². The minimum atomic E-state index is -1.10. The largest absolute Gasteiger partial charge is 0.388 e. The summed E-state index contributed by atoms with van der Waals surface area (Å²) in [6.07, 6.45) is 0.748. The maximum atomic E-state index is 13.4. The van der Waals surface area contributed by atoms with Gasteiger partial charge in [-0.15, -0.1) is 0 Å². The Labute approximate surface area is 129 Å². The van der Waals surface area contributed by atoms with E-state index in [1.54, 1.807) is 13.8 Å². The number of amides is 2. The van der Waals surface area contributed by atoms with Crippen LogP contribution in [0.1, 0.15) is 32.8 Å². The molecule has 0 heterocycles. The molecule has 1 aromatic carbocycles. The maximum Gasteiger partial charge on any atom is 0.313 e. The summed E-state index contributed by atoms with van der Waals surface area (Å²) in [4.78, 5) is 23.5. The van der Waals surface area contributed by atoms with E-state index in [9.17, 15) is 19.1 Å². The van der Waals surface area contributed by atoms with E-state index in [2.05, 4.69) is 10.6 Å². The first-order chi connectivity index (χ1) is 10.2. The van der Waals surface area contributed by atoms with Crippen LogP contribution in [-0.2, 0) is 9.59 Å². The Morgan fingerprint density at radius 2 is 2.00 bits per heavy atom. The monoisotopic (exact) mass is 310 g/mol. The molecule has 2 amide bonds. The van der Waals surface area contributed by atoms with Crippen LogP contribution >= 0.6 is 0 Å². The van der Waals surface area contributed by atoms with Crippen molar-refractivity contribution in [3.63, 3.8) is 0 Å². The molecule has 122 valence electrons. The second-order valence-corrected chi connectivity index (χ2v) is 5.77. The number of rotatable bonds is 5. The minimum Gasteiger partial charge on any atom is -0.388 e. The Morgan fingerprint density at radius 3 is 2.55 bits per heavy atom. The van der Waals surface area contributed by atoms with Gasteiger partial charge in [0.1, 0.15) is 5.82 Å². The molecule has 0 aliphatic carbocycles. The van der Waals surface area contributed by atoms with Gasteiger partial charge in [0.2, 0.25) is 0 Å². The van der Waals surface area contributed by atoms with Crippen molar-refractivity contribution in [1.29, 1.82) is 0 Å². The smallest absolute Gasteiger partial charge is 0.313 e. The highest BCUT2D eigenvalue weighted by molar-refractivity contribution is 6.39. The van der Waals surface area contributed by atoms with Crippen molar-refractivity contribution in [3.8, 4) is 0 Å². The number of hydrogen-bond donors (Lipinski definition) is 3. The molecule has 0 aromatic heterocycles. The first-order valence-corrected chi connectivity index (χ1v) is 7.25. The average Bonchev–Trinajstić information content (AvgIpc) is 2.47. The van der Waals surface area contributed by atoms with Crippen LogP contribution in [0.2, 0.25) is 0 Å². The molecule has 0 fully saturated rings. The fourth-order valence-corrected chi connectivity index (χ4v) is 1.81. The maximum absolute atomic E-state index is 13.4. The van der Waals surface area contributed by atoms with Crippen molar-refractivity contribution in [2.24, 2.45) is 5.92 Å². The predicted molar refractivity (Wildman–Crippen MR) is 82.9 cm³/mol. The van der Waals surface area contributed by atoms with Gasteiger partial charge < -0.3 is 15.7 Å². The molecule has 0 spiro atoms. The van der Waals surface area contributed by atoms with Gasteiger partial charge in [0.15, 0.2) is 0 Å². The first kappa shape index (κ1) is 18.1. The van der Waals surface area contributed by atoms with E-state index in [0.717, 1.165) is 12.5 Å². The highest BCUT2D eigenvalue weighted by Crippen LogP contribution is 2.18. The van der Waals surface area contributed by atoms with Crippen molar-refractivity contribution in [3.05, 3.63) is 29.6 Å². The summed E-state index contributed by atoms with van der Waals surface area (Å²) in [5, 5.41) is 14.9. The zero-order valence-electron chi connectivity index (χ0n) is 13.4. The van der Waals surface area contributed by atoms with Crippen molar-refractivity contribution < 1.29 is 19.1 Å². The molecule has 1 rings (SSSR count). The highest BCUT2D eigenvalue weighted by Gasteiger charge is 2.28.